The molecule has 1 heterocycles. The van der Waals surface area contributed by atoms with Gasteiger partial charge in [0, 0.05) is 17.3 Å². The van der Waals surface area contributed by atoms with Crippen LogP contribution in [0.15, 0.2) is 53.5 Å². The Bertz CT molecular complexity index is 861. The monoisotopic (exact) mass is 279 g/mol. The highest BCUT2D eigenvalue weighted by Gasteiger charge is 2.11. The largest absolute Gasteiger partial charge is 0.496 e. The van der Waals surface area contributed by atoms with E-state index in [-0.39, 0.29) is 5.56 Å². The van der Waals surface area contributed by atoms with Gasteiger partial charge in [0.25, 0.3) is 5.56 Å². The highest BCUT2D eigenvalue weighted by molar-refractivity contribution is 5.90. The maximum absolute atomic E-state index is 12.7. The lowest BCUT2D eigenvalue weighted by Gasteiger charge is -2.12. The summed E-state index contributed by atoms with van der Waals surface area (Å²) in [6.45, 7) is 4.03. The molecule has 106 valence electrons. The summed E-state index contributed by atoms with van der Waals surface area (Å²) >= 11 is 0. The van der Waals surface area contributed by atoms with Crippen molar-refractivity contribution in [3.05, 3.63) is 70.1 Å². The average Bonchev–Trinajstić information content (AvgIpc) is 2.51. The van der Waals surface area contributed by atoms with Crippen molar-refractivity contribution in [3.63, 3.8) is 0 Å². The van der Waals surface area contributed by atoms with Crippen LogP contribution in [-0.4, -0.2) is 11.7 Å². The number of aromatic nitrogens is 1. The van der Waals surface area contributed by atoms with Crippen LogP contribution in [0.1, 0.15) is 11.1 Å². The minimum Gasteiger partial charge on any atom is -0.496 e. The number of benzene rings is 2. The molecule has 0 fully saturated rings. The number of hydrogen-bond acceptors (Lipinski definition) is 2. The van der Waals surface area contributed by atoms with Crippen LogP contribution in [0.3, 0.4) is 0 Å². The maximum Gasteiger partial charge on any atom is 0.263 e. The molecule has 0 bridgehead atoms. The number of nitrogens with zero attached hydrogens (tertiary/aromatic N) is 1. The summed E-state index contributed by atoms with van der Waals surface area (Å²) in [4.78, 5) is 12.7. The fourth-order valence-electron chi connectivity index (χ4n) is 2.63. The fraction of sp³-hybridized carbons (Fsp3) is 0.167. The minimum atomic E-state index is -0.0293. The zero-order valence-electron chi connectivity index (χ0n) is 12.4. The first-order valence-electron chi connectivity index (χ1n) is 6.88. The Morgan fingerprint density at radius 1 is 1.00 bits per heavy atom. The maximum atomic E-state index is 12.7. The molecule has 0 N–H and O–H groups in total. The van der Waals surface area contributed by atoms with Crippen molar-refractivity contribution in [2.24, 2.45) is 0 Å². The van der Waals surface area contributed by atoms with Crippen molar-refractivity contribution in [1.82, 2.24) is 4.57 Å². The van der Waals surface area contributed by atoms with Crippen LogP contribution in [0.25, 0.3) is 16.5 Å². The fourth-order valence-corrected chi connectivity index (χ4v) is 2.63. The van der Waals surface area contributed by atoms with E-state index in [9.17, 15) is 4.79 Å². The predicted octanol–water partition coefficient (Wildman–Crippen LogP) is 3.62. The van der Waals surface area contributed by atoms with E-state index in [1.54, 1.807) is 11.7 Å². The van der Waals surface area contributed by atoms with E-state index >= 15 is 0 Å². The summed E-state index contributed by atoms with van der Waals surface area (Å²) in [6.07, 6.45) is 1.87. The van der Waals surface area contributed by atoms with E-state index < -0.39 is 0 Å². The van der Waals surface area contributed by atoms with Crippen molar-refractivity contribution in [3.8, 4) is 11.4 Å². The van der Waals surface area contributed by atoms with E-state index in [1.807, 2.05) is 62.5 Å². The molecule has 3 nitrogen and oxygen atoms in total. The number of hydrogen-bond donors (Lipinski definition) is 0. The molecule has 3 heteroatoms. The first kappa shape index (κ1) is 13.4. The molecule has 1 aromatic heterocycles. The number of ether oxygens (including phenoxy) is 1. The highest BCUT2D eigenvalue weighted by Crippen LogP contribution is 2.26. The van der Waals surface area contributed by atoms with Gasteiger partial charge in [-0.15, -0.1) is 0 Å². The topological polar surface area (TPSA) is 31.2 Å². The molecule has 0 saturated heterocycles. The number of aryl methyl sites for hydroxylation is 2. The van der Waals surface area contributed by atoms with E-state index in [2.05, 4.69) is 0 Å². The van der Waals surface area contributed by atoms with Crippen LogP contribution < -0.4 is 10.3 Å². The summed E-state index contributed by atoms with van der Waals surface area (Å²) in [7, 11) is 1.62. The van der Waals surface area contributed by atoms with Crippen LogP contribution in [0, 0.1) is 13.8 Å². The van der Waals surface area contributed by atoms with E-state index in [1.165, 1.54) is 5.56 Å². The van der Waals surface area contributed by atoms with Gasteiger partial charge in [-0.3, -0.25) is 9.36 Å². The van der Waals surface area contributed by atoms with Crippen LogP contribution in [0.2, 0.25) is 0 Å². The SMILES string of the molecule is COc1cccc2c(=O)n(-c3ccc(C)cc3)cc(C)c12. The summed E-state index contributed by atoms with van der Waals surface area (Å²) in [6, 6.07) is 13.5. The Balaban J connectivity index is 2.34. The van der Waals surface area contributed by atoms with Gasteiger partial charge in [-0.25, -0.2) is 0 Å². The standard InChI is InChI=1S/C18H17NO2/c1-12-7-9-14(10-8-12)19-11-13(2)17-15(18(19)20)5-4-6-16(17)21-3/h4-11H,1-3H3. The number of rotatable bonds is 2. The lowest BCUT2D eigenvalue weighted by Crippen LogP contribution is -2.18. The molecule has 0 spiro atoms. The smallest absolute Gasteiger partial charge is 0.263 e. The third-order valence-corrected chi connectivity index (χ3v) is 3.72. The lowest BCUT2D eigenvalue weighted by molar-refractivity contribution is 0.419. The second kappa shape index (κ2) is 5.09. The van der Waals surface area contributed by atoms with Crippen molar-refractivity contribution < 1.29 is 4.74 Å². The first-order chi connectivity index (χ1) is 10.1. The normalized spacial score (nSPS) is 10.8. The van der Waals surface area contributed by atoms with E-state index in [0.29, 0.717) is 5.39 Å². The van der Waals surface area contributed by atoms with Crippen molar-refractivity contribution in [2.75, 3.05) is 7.11 Å². The Hall–Kier alpha value is -2.55. The molecule has 2 aromatic carbocycles. The van der Waals surface area contributed by atoms with Crippen molar-refractivity contribution >= 4 is 10.8 Å². The third-order valence-electron chi connectivity index (χ3n) is 3.72. The molecular formula is C18H17NO2. The molecule has 0 aliphatic carbocycles. The molecule has 0 aliphatic rings. The van der Waals surface area contributed by atoms with Crippen molar-refractivity contribution in [2.45, 2.75) is 13.8 Å². The summed E-state index contributed by atoms with van der Waals surface area (Å²) in [5.41, 5.74) is 3.03. The summed E-state index contributed by atoms with van der Waals surface area (Å²) in [5.74, 6) is 0.734. The molecule has 0 atom stereocenters. The second-order valence-corrected chi connectivity index (χ2v) is 5.21. The van der Waals surface area contributed by atoms with Crippen LogP contribution >= 0.6 is 0 Å². The van der Waals surface area contributed by atoms with Gasteiger partial charge in [0.05, 0.1) is 12.5 Å². The van der Waals surface area contributed by atoms with E-state index in [4.69, 9.17) is 4.74 Å². The van der Waals surface area contributed by atoms with Gasteiger partial charge in [-0.1, -0.05) is 23.8 Å². The second-order valence-electron chi connectivity index (χ2n) is 5.21. The molecule has 0 radical (unpaired) electrons. The van der Waals surface area contributed by atoms with Crippen LogP contribution in [-0.2, 0) is 0 Å². The first-order valence-corrected chi connectivity index (χ1v) is 6.88. The molecule has 21 heavy (non-hydrogen) atoms. The van der Waals surface area contributed by atoms with Crippen LogP contribution in [0.4, 0.5) is 0 Å². The van der Waals surface area contributed by atoms with Crippen molar-refractivity contribution in [1.29, 1.82) is 0 Å². The predicted molar refractivity (Wildman–Crippen MR) is 85.6 cm³/mol. The highest BCUT2D eigenvalue weighted by atomic mass is 16.5. The van der Waals surface area contributed by atoms with Gasteiger partial charge in [0.15, 0.2) is 0 Å². The van der Waals surface area contributed by atoms with Gasteiger partial charge in [-0.05, 0) is 43.7 Å². The average molecular weight is 279 g/mol. The Morgan fingerprint density at radius 2 is 1.71 bits per heavy atom. The minimum absolute atomic E-state index is 0.0293. The van der Waals surface area contributed by atoms with Gasteiger partial charge in [0.2, 0.25) is 0 Å². The third kappa shape index (κ3) is 2.21. The lowest BCUT2D eigenvalue weighted by atomic mass is 10.1. The molecule has 0 unspecified atom stereocenters. The van der Waals surface area contributed by atoms with Gasteiger partial charge in [-0.2, -0.15) is 0 Å². The molecule has 0 aliphatic heterocycles. The molecule has 3 aromatic rings. The zero-order chi connectivity index (χ0) is 15.0. The number of methoxy groups -OCH3 is 1. The summed E-state index contributed by atoms with van der Waals surface area (Å²) < 4.78 is 7.07. The zero-order valence-corrected chi connectivity index (χ0v) is 12.4. The summed E-state index contributed by atoms with van der Waals surface area (Å²) in [5, 5.41) is 1.56. The van der Waals surface area contributed by atoms with E-state index in [0.717, 1.165) is 22.4 Å². The molecule has 0 amide bonds. The van der Waals surface area contributed by atoms with Crippen LogP contribution in [0.5, 0.6) is 5.75 Å². The molecular weight excluding hydrogens is 262 g/mol. The van der Waals surface area contributed by atoms with Gasteiger partial charge < -0.3 is 4.74 Å². The molecule has 0 saturated carbocycles. The quantitative estimate of drug-likeness (QED) is 0.717. The number of pyridine rings is 1. The molecule has 3 rings (SSSR count). The Kier molecular flexibility index (Phi) is 3.26. The van der Waals surface area contributed by atoms with Gasteiger partial charge >= 0.3 is 0 Å². The number of fused-ring (bicyclic) bond motifs is 1. The van der Waals surface area contributed by atoms with Gasteiger partial charge in [0.1, 0.15) is 5.75 Å². The Labute approximate surface area is 123 Å². The Morgan fingerprint density at radius 3 is 2.38 bits per heavy atom.